The zero-order valence-electron chi connectivity index (χ0n) is 17.7. The van der Waals surface area contributed by atoms with Crippen molar-refractivity contribution in [1.29, 1.82) is 0 Å². The van der Waals surface area contributed by atoms with Crippen LogP contribution >= 0.6 is 0 Å². The molecule has 3 heteroatoms. The van der Waals surface area contributed by atoms with E-state index in [-0.39, 0.29) is 0 Å². The van der Waals surface area contributed by atoms with E-state index in [1.54, 1.807) is 6.20 Å². The minimum atomic E-state index is 0.537. The summed E-state index contributed by atoms with van der Waals surface area (Å²) in [5, 5.41) is 0. The van der Waals surface area contributed by atoms with E-state index in [2.05, 4.69) is 69.1 Å². The summed E-state index contributed by atoms with van der Waals surface area (Å²) in [6.45, 7) is 8.59. The van der Waals surface area contributed by atoms with Crippen LogP contribution in [-0.4, -0.2) is 10.7 Å². The summed E-state index contributed by atoms with van der Waals surface area (Å²) in [6, 6.07) is 3.92. The molecule has 1 aromatic heterocycles. The average molecular weight is 376 g/mol. The molecule has 0 amide bonds. The van der Waals surface area contributed by atoms with Gasteiger partial charge in [0, 0.05) is 11.8 Å². The van der Waals surface area contributed by atoms with Crippen molar-refractivity contribution in [2.24, 2.45) is 4.99 Å². The first-order valence-electron chi connectivity index (χ1n) is 10.3. The van der Waals surface area contributed by atoms with Crippen molar-refractivity contribution in [2.75, 3.05) is 5.73 Å². The van der Waals surface area contributed by atoms with E-state index >= 15 is 0 Å². The SMILES string of the molecule is CC/C=C(C)/C(=C\C=C(/C)C1=CCCC=C1)N=C(CCC)c1cccnc1N. The summed E-state index contributed by atoms with van der Waals surface area (Å²) in [4.78, 5) is 9.28. The molecule has 0 radical (unpaired) electrons. The van der Waals surface area contributed by atoms with Crippen LogP contribution in [-0.2, 0) is 0 Å². The van der Waals surface area contributed by atoms with Crippen molar-refractivity contribution in [3.8, 4) is 0 Å². The summed E-state index contributed by atoms with van der Waals surface area (Å²) in [6.07, 6.45) is 20.1. The second-order valence-electron chi connectivity index (χ2n) is 7.08. The van der Waals surface area contributed by atoms with E-state index < -0.39 is 0 Å². The van der Waals surface area contributed by atoms with Crippen LogP contribution in [0.4, 0.5) is 5.82 Å². The quantitative estimate of drug-likeness (QED) is 0.405. The van der Waals surface area contributed by atoms with E-state index in [4.69, 9.17) is 10.7 Å². The Balaban J connectivity index is 2.47. The molecule has 28 heavy (non-hydrogen) atoms. The maximum absolute atomic E-state index is 6.13. The molecule has 1 aromatic rings. The van der Waals surface area contributed by atoms with Gasteiger partial charge in [0.15, 0.2) is 0 Å². The minimum absolute atomic E-state index is 0.537. The second-order valence-corrected chi connectivity index (χ2v) is 7.08. The highest BCUT2D eigenvalue weighted by Crippen LogP contribution is 2.21. The number of anilines is 1. The second kappa shape index (κ2) is 11.2. The lowest BCUT2D eigenvalue weighted by Crippen LogP contribution is -2.07. The van der Waals surface area contributed by atoms with Gasteiger partial charge in [0.05, 0.1) is 11.4 Å². The fourth-order valence-electron chi connectivity index (χ4n) is 3.17. The molecule has 2 N–H and O–H groups in total. The van der Waals surface area contributed by atoms with Gasteiger partial charge in [-0.1, -0.05) is 50.6 Å². The molecule has 0 atom stereocenters. The number of nitrogens with two attached hydrogens (primary N) is 1. The number of nitrogen functional groups attached to an aromatic ring is 1. The summed E-state index contributed by atoms with van der Waals surface area (Å²) >= 11 is 0. The van der Waals surface area contributed by atoms with Gasteiger partial charge in [-0.15, -0.1) is 0 Å². The van der Waals surface area contributed by atoms with Gasteiger partial charge in [-0.3, -0.25) is 4.99 Å². The molecule has 0 saturated heterocycles. The molecule has 1 heterocycles. The van der Waals surface area contributed by atoms with Gasteiger partial charge in [-0.25, -0.2) is 4.98 Å². The highest BCUT2D eigenvalue weighted by molar-refractivity contribution is 6.04. The molecule has 1 aliphatic carbocycles. The van der Waals surface area contributed by atoms with E-state index in [0.29, 0.717) is 5.82 Å². The summed E-state index contributed by atoms with van der Waals surface area (Å²) in [5.74, 6) is 0.537. The van der Waals surface area contributed by atoms with E-state index in [1.807, 2.05) is 12.1 Å². The maximum Gasteiger partial charge on any atom is 0.132 e. The van der Waals surface area contributed by atoms with Crippen LogP contribution in [0, 0.1) is 0 Å². The number of hydrogen-bond acceptors (Lipinski definition) is 3. The third-order valence-electron chi connectivity index (χ3n) is 4.75. The number of hydrogen-bond donors (Lipinski definition) is 1. The lowest BCUT2D eigenvalue weighted by atomic mass is 10.00. The van der Waals surface area contributed by atoms with Crippen molar-refractivity contribution < 1.29 is 0 Å². The third kappa shape index (κ3) is 6.19. The van der Waals surface area contributed by atoms with Crippen LogP contribution in [0.25, 0.3) is 0 Å². The van der Waals surface area contributed by atoms with Crippen LogP contribution in [0.2, 0.25) is 0 Å². The van der Waals surface area contributed by atoms with Crippen molar-refractivity contribution >= 4 is 11.5 Å². The number of aromatic nitrogens is 1. The Hall–Kier alpha value is -2.68. The van der Waals surface area contributed by atoms with Crippen molar-refractivity contribution in [2.45, 2.75) is 59.8 Å². The molecular weight excluding hydrogens is 342 g/mol. The zero-order valence-corrected chi connectivity index (χ0v) is 17.7. The van der Waals surface area contributed by atoms with Crippen molar-refractivity contribution in [3.63, 3.8) is 0 Å². The summed E-state index contributed by atoms with van der Waals surface area (Å²) in [7, 11) is 0. The molecule has 2 rings (SSSR count). The predicted molar refractivity (Wildman–Crippen MR) is 122 cm³/mol. The standard InChI is InChI=1S/C25H33N3/c1-5-11-20(4)23(17-16-19(3)21-13-8-7-9-14-21)28-24(12-6-2)22-15-10-18-27-25(22)26/h8,10-11,13-18H,5-7,9,12H2,1-4H3,(H2,26,27)/b19-16+,20-11+,23-17+,28-24?. The molecule has 0 saturated carbocycles. The monoisotopic (exact) mass is 375 g/mol. The molecule has 0 fully saturated rings. The Morgan fingerprint density at radius 3 is 2.68 bits per heavy atom. The average Bonchev–Trinajstić information content (AvgIpc) is 2.71. The van der Waals surface area contributed by atoms with Gasteiger partial charge >= 0.3 is 0 Å². The fraction of sp³-hybridized carbons (Fsp3) is 0.360. The smallest absolute Gasteiger partial charge is 0.132 e. The van der Waals surface area contributed by atoms with E-state index in [0.717, 1.165) is 49.1 Å². The summed E-state index contributed by atoms with van der Waals surface area (Å²) in [5.41, 5.74) is 12.8. The molecule has 3 nitrogen and oxygen atoms in total. The summed E-state index contributed by atoms with van der Waals surface area (Å²) < 4.78 is 0. The molecular formula is C25H33N3. The van der Waals surface area contributed by atoms with Gasteiger partial charge in [0.25, 0.3) is 0 Å². The van der Waals surface area contributed by atoms with E-state index in [1.165, 1.54) is 16.7 Å². The van der Waals surface area contributed by atoms with Gasteiger partial charge in [-0.05, 0) is 74.5 Å². The Morgan fingerprint density at radius 1 is 1.21 bits per heavy atom. The lowest BCUT2D eigenvalue weighted by Gasteiger charge is -2.11. The molecule has 0 aliphatic heterocycles. The van der Waals surface area contributed by atoms with Crippen LogP contribution < -0.4 is 5.73 Å². The van der Waals surface area contributed by atoms with Crippen molar-refractivity contribution in [3.05, 3.63) is 82.8 Å². The number of aliphatic imine (C=N–C) groups is 1. The van der Waals surface area contributed by atoms with E-state index in [9.17, 15) is 0 Å². The number of nitrogens with zero attached hydrogens (tertiary/aromatic N) is 2. The lowest BCUT2D eigenvalue weighted by molar-refractivity contribution is 0.987. The first-order valence-corrected chi connectivity index (χ1v) is 10.3. The fourth-order valence-corrected chi connectivity index (χ4v) is 3.17. The predicted octanol–water partition coefficient (Wildman–Crippen LogP) is 6.72. The molecule has 1 aliphatic rings. The van der Waals surface area contributed by atoms with Crippen LogP contribution in [0.1, 0.15) is 65.4 Å². The van der Waals surface area contributed by atoms with Crippen LogP contribution in [0.3, 0.4) is 0 Å². The third-order valence-corrected chi connectivity index (χ3v) is 4.75. The molecule has 0 spiro atoms. The Kier molecular flexibility index (Phi) is 8.67. The highest BCUT2D eigenvalue weighted by atomic mass is 14.8. The Bertz CT molecular complexity index is 848. The number of allylic oxidation sites excluding steroid dienone is 9. The number of pyridine rings is 1. The number of rotatable bonds is 8. The highest BCUT2D eigenvalue weighted by Gasteiger charge is 2.09. The normalized spacial score (nSPS) is 16.4. The van der Waals surface area contributed by atoms with Gasteiger partial charge in [0.1, 0.15) is 5.82 Å². The van der Waals surface area contributed by atoms with Crippen molar-refractivity contribution in [1.82, 2.24) is 4.98 Å². The van der Waals surface area contributed by atoms with Gasteiger partial charge < -0.3 is 5.73 Å². The zero-order chi connectivity index (χ0) is 20.4. The molecule has 0 aromatic carbocycles. The molecule has 0 bridgehead atoms. The first-order chi connectivity index (χ1) is 13.6. The Morgan fingerprint density at radius 2 is 2.04 bits per heavy atom. The molecule has 0 unspecified atom stereocenters. The van der Waals surface area contributed by atoms with Gasteiger partial charge in [0.2, 0.25) is 0 Å². The molecule has 148 valence electrons. The van der Waals surface area contributed by atoms with Crippen LogP contribution in [0.15, 0.2) is 82.2 Å². The van der Waals surface area contributed by atoms with Gasteiger partial charge in [-0.2, -0.15) is 0 Å². The maximum atomic E-state index is 6.13. The minimum Gasteiger partial charge on any atom is -0.383 e. The van der Waals surface area contributed by atoms with Crippen LogP contribution in [0.5, 0.6) is 0 Å². The topological polar surface area (TPSA) is 51.3 Å². The Labute approximate surface area is 170 Å². The first kappa shape index (κ1) is 21.6. The largest absolute Gasteiger partial charge is 0.383 e.